The summed E-state index contributed by atoms with van der Waals surface area (Å²) in [6.45, 7) is 1.83. The first kappa shape index (κ1) is 15.3. The molecule has 0 aromatic heterocycles. The summed E-state index contributed by atoms with van der Waals surface area (Å²) in [5.41, 5.74) is 7.36. The summed E-state index contributed by atoms with van der Waals surface area (Å²) >= 11 is 6.50. The van der Waals surface area contributed by atoms with Crippen LogP contribution in [0, 0.1) is 6.92 Å². The molecular weight excluding hydrogens is 408 g/mol. The van der Waals surface area contributed by atoms with Crippen molar-refractivity contribution in [2.45, 2.75) is 11.8 Å². The van der Waals surface area contributed by atoms with E-state index in [2.05, 4.69) is 36.6 Å². The first-order valence-electron chi connectivity index (χ1n) is 5.64. The molecule has 20 heavy (non-hydrogen) atoms. The second-order valence-electron chi connectivity index (χ2n) is 4.23. The maximum Gasteiger partial charge on any atom is 0.265 e. The molecule has 3 N–H and O–H groups in total. The first-order chi connectivity index (χ1) is 9.31. The Morgan fingerprint density at radius 2 is 1.80 bits per heavy atom. The van der Waals surface area contributed by atoms with Gasteiger partial charge in [0.2, 0.25) is 0 Å². The highest BCUT2D eigenvalue weighted by molar-refractivity contribution is 9.11. The van der Waals surface area contributed by atoms with Crippen LogP contribution in [0.5, 0.6) is 0 Å². The fourth-order valence-corrected chi connectivity index (χ4v) is 4.95. The lowest BCUT2D eigenvalue weighted by molar-refractivity contribution is 0.601. The molecule has 0 bridgehead atoms. The molecule has 0 aliphatic rings. The van der Waals surface area contributed by atoms with E-state index in [4.69, 9.17) is 5.73 Å². The summed E-state index contributed by atoms with van der Waals surface area (Å²) in [5, 5.41) is 0. The van der Waals surface area contributed by atoms with Gasteiger partial charge in [0.1, 0.15) is 4.90 Å². The molecule has 0 aliphatic heterocycles. The number of nitrogens with two attached hydrogens (primary N) is 1. The molecule has 2 aromatic carbocycles. The van der Waals surface area contributed by atoms with E-state index in [1.807, 2.05) is 19.1 Å². The molecule has 0 aliphatic carbocycles. The van der Waals surface area contributed by atoms with Gasteiger partial charge in [0.15, 0.2) is 0 Å². The molecule has 0 fully saturated rings. The van der Waals surface area contributed by atoms with E-state index in [1.165, 1.54) is 0 Å². The quantitative estimate of drug-likeness (QED) is 0.741. The molecule has 0 saturated carbocycles. The molecule has 0 unspecified atom stereocenters. The lowest BCUT2D eigenvalue weighted by Crippen LogP contribution is -2.16. The molecule has 0 saturated heterocycles. The maximum absolute atomic E-state index is 12.5. The Morgan fingerprint density at radius 1 is 1.15 bits per heavy atom. The van der Waals surface area contributed by atoms with Gasteiger partial charge in [-0.05, 0) is 46.6 Å². The van der Waals surface area contributed by atoms with Crippen LogP contribution >= 0.6 is 31.9 Å². The number of para-hydroxylation sites is 1. The van der Waals surface area contributed by atoms with E-state index in [9.17, 15) is 8.42 Å². The fourth-order valence-electron chi connectivity index (χ4n) is 1.75. The molecule has 0 heterocycles. The van der Waals surface area contributed by atoms with Gasteiger partial charge in [-0.15, -0.1) is 0 Å². The van der Waals surface area contributed by atoms with Gasteiger partial charge in [0.05, 0.1) is 11.4 Å². The molecule has 2 aromatic rings. The molecule has 7 heteroatoms. The lowest BCUT2D eigenvalue weighted by Gasteiger charge is -2.13. The number of nitrogens with one attached hydrogen (secondary N) is 1. The van der Waals surface area contributed by atoms with Crippen molar-refractivity contribution < 1.29 is 8.42 Å². The average molecular weight is 420 g/mol. The van der Waals surface area contributed by atoms with Crippen molar-refractivity contribution in [3.05, 3.63) is 50.9 Å². The Bertz CT molecular complexity index is 738. The van der Waals surface area contributed by atoms with Gasteiger partial charge in [-0.25, -0.2) is 8.42 Å². The third kappa shape index (κ3) is 3.16. The van der Waals surface area contributed by atoms with Gasteiger partial charge in [-0.2, -0.15) is 0 Å². The van der Waals surface area contributed by atoms with Crippen LogP contribution in [0.4, 0.5) is 11.4 Å². The summed E-state index contributed by atoms with van der Waals surface area (Å²) in [7, 11) is -3.76. The van der Waals surface area contributed by atoms with Gasteiger partial charge in [-0.3, -0.25) is 4.72 Å². The van der Waals surface area contributed by atoms with Crippen LogP contribution in [0.1, 0.15) is 5.56 Å². The number of benzene rings is 2. The normalized spacial score (nSPS) is 11.3. The number of anilines is 2. The second-order valence-corrected chi connectivity index (χ2v) is 7.62. The van der Waals surface area contributed by atoms with E-state index < -0.39 is 10.0 Å². The minimum absolute atomic E-state index is 0.0314. The molecule has 0 atom stereocenters. The van der Waals surface area contributed by atoms with E-state index in [0.29, 0.717) is 14.6 Å². The molecule has 106 valence electrons. The highest BCUT2D eigenvalue weighted by atomic mass is 79.9. The lowest BCUT2D eigenvalue weighted by atomic mass is 10.2. The molecule has 0 radical (unpaired) electrons. The fraction of sp³-hybridized carbons (Fsp3) is 0.0769. The molecular formula is C13H12Br2N2O2S. The monoisotopic (exact) mass is 418 g/mol. The van der Waals surface area contributed by atoms with Crippen LogP contribution in [0.2, 0.25) is 0 Å². The number of aryl methyl sites for hydroxylation is 1. The van der Waals surface area contributed by atoms with E-state index in [1.54, 1.807) is 24.3 Å². The van der Waals surface area contributed by atoms with Crippen molar-refractivity contribution in [3.63, 3.8) is 0 Å². The zero-order valence-electron chi connectivity index (χ0n) is 10.5. The molecule has 0 spiro atoms. The van der Waals surface area contributed by atoms with Gasteiger partial charge < -0.3 is 5.73 Å². The summed E-state index contributed by atoms with van der Waals surface area (Å²) < 4.78 is 28.6. The van der Waals surface area contributed by atoms with E-state index in [0.717, 1.165) is 5.56 Å². The van der Waals surface area contributed by atoms with Crippen LogP contribution in [0.3, 0.4) is 0 Å². The predicted molar refractivity (Wildman–Crippen MR) is 88.2 cm³/mol. The minimum atomic E-state index is -3.76. The van der Waals surface area contributed by atoms with Crippen molar-refractivity contribution in [2.24, 2.45) is 0 Å². The summed E-state index contributed by atoms with van der Waals surface area (Å²) in [5.74, 6) is 0. The van der Waals surface area contributed by atoms with Crippen molar-refractivity contribution in [2.75, 3.05) is 10.5 Å². The first-order valence-corrected chi connectivity index (χ1v) is 8.71. The van der Waals surface area contributed by atoms with Crippen molar-refractivity contribution in [3.8, 4) is 0 Å². The van der Waals surface area contributed by atoms with E-state index >= 15 is 0 Å². The molecule has 2 rings (SSSR count). The van der Waals surface area contributed by atoms with E-state index in [-0.39, 0.29) is 10.6 Å². The van der Waals surface area contributed by atoms with Crippen LogP contribution in [-0.4, -0.2) is 8.42 Å². The third-order valence-corrected chi connectivity index (χ3v) is 5.52. The van der Waals surface area contributed by atoms with Gasteiger partial charge >= 0.3 is 0 Å². The zero-order chi connectivity index (χ0) is 14.9. The Balaban J connectivity index is 2.50. The zero-order valence-corrected chi connectivity index (χ0v) is 14.5. The Labute approximate surface area is 134 Å². The highest BCUT2D eigenvalue weighted by Gasteiger charge is 2.22. The van der Waals surface area contributed by atoms with Crippen LogP contribution < -0.4 is 10.5 Å². The Morgan fingerprint density at radius 3 is 2.40 bits per heavy atom. The van der Waals surface area contributed by atoms with Crippen molar-refractivity contribution in [1.29, 1.82) is 0 Å². The number of nitrogen functional groups attached to an aromatic ring is 1. The maximum atomic E-state index is 12.5. The standard InChI is InChI=1S/C13H12Br2N2O2S/c1-8-4-2-3-5-12(8)17-20(18,19)13-10(15)6-9(14)7-11(13)16/h2-7,17H,16H2,1H3. The highest BCUT2D eigenvalue weighted by Crippen LogP contribution is 2.33. The third-order valence-electron chi connectivity index (χ3n) is 2.70. The molecule has 4 nitrogen and oxygen atoms in total. The largest absolute Gasteiger partial charge is 0.398 e. The Hall–Kier alpha value is -1.05. The minimum Gasteiger partial charge on any atom is -0.398 e. The number of hydrogen-bond acceptors (Lipinski definition) is 3. The van der Waals surface area contributed by atoms with Crippen LogP contribution in [0.25, 0.3) is 0 Å². The van der Waals surface area contributed by atoms with Gasteiger partial charge in [0, 0.05) is 8.95 Å². The topological polar surface area (TPSA) is 72.2 Å². The van der Waals surface area contributed by atoms with Crippen molar-refractivity contribution >= 4 is 53.3 Å². The number of hydrogen-bond donors (Lipinski definition) is 2. The van der Waals surface area contributed by atoms with Gasteiger partial charge in [0.25, 0.3) is 10.0 Å². The van der Waals surface area contributed by atoms with Crippen molar-refractivity contribution in [1.82, 2.24) is 0 Å². The number of rotatable bonds is 3. The predicted octanol–water partition coefficient (Wildman–Crippen LogP) is 3.90. The summed E-state index contributed by atoms with van der Waals surface area (Å²) in [4.78, 5) is 0.0314. The second kappa shape index (κ2) is 5.75. The number of sulfonamides is 1. The SMILES string of the molecule is Cc1ccccc1NS(=O)(=O)c1c(N)cc(Br)cc1Br. The smallest absolute Gasteiger partial charge is 0.265 e. The molecule has 0 amide bonds. The summed E-state index contributed by atoms with van der Waals surface area (Å²) in [6, 6.07) is 10.3. The van der Waals surface area contributed by atoms with Gasteiger partial charge in [-0.1, -0.05) is 34.1 Å². The summed E-state index contributed by atoms with van der Waals surface area (Å²) in [6.07, 6.45) is 0. The van der Waals surface area contributed by atoms with Crippen LogP contribution in [0.15, 0.2) is 50.2 Å². The van der Waals surface area contributed by atoms with Crippen LogP contribution in [-0.2, 0) is 10.0 Å². The number of halogens is 2. The average Bonchev–Trinajstić information content (AvgIpc) is 2.30. The Kier molecular flexibility index (Phi) is 4.41.